The van der Waals surface area contributed by atoms with Gasteiger partial charge < -0.3 is 9.47 Å². The summed E-state index contributed by atoms with van der Waals surface area (Å²) < 4.78 is 50.5. The Kier molecular flexibility index (Phi) is 8.20. The van der Waals surface area contributed by atoms with E-state index in [0.29, 0.717) is 44.0 Å². The predicted molar refractivity (Wildman–Crippen MR) is 141 cm³/mol. The van der Waals surface area contributed by atoms with E-state index in [1.54, 1.807) is 7.11 Å². The molecule has 39 heavy (non-hydrogen) atoms. The molecule has 8 heteroatoms. The fourth-order valence-corrected chi connectivity index (χ4v) is 8.59. The van der Waals surface area contributed by atoms with E-state index in [9.17, 15) is 13.2 Å². The molecule has 0 unspecified atom stereocenters. The second kappa shape index (κ2) is 11.5. The predicted octanol–water partition coefficient (Wildman–Crippen LogP) is 7.11. The molecule has 1 heterocycles. The average molecular weight is 552 g/mol. The van der Waals surface area contributed by atoms with Crippen LogP contribution in [0.25, 0.3) is 0 Å². The van der Waals surface area contributed by atoms with Gasteiger partial charge in [-0.1, -0.05) is 12.1 Å². The van der Waals surface area contributed by atoms with Gasteiger partial charge in [-0.25, -0.2) is 9.78 Å². The van der Waals surface area contributed by atoms with Crippen molar-refractivity contribution in [1.29, 1.82) is 0 Å². The summed E-state index contributed by atoms with van der Waals surface area (Å²) in [6.07, 6.45) is 6.81. The van der Waals surface area contributed by atoms with Crippen LogP contribution in [-0.4, -0.2) is 56.3 Å². The first kappa shape index (κ1) is 27.8. The van der Waals surface area contributed by atoms with Crippen LogP contribution in [-0.2, 0) is 14.5 Å². The van der Waals surface area contributed by atoms with Crippen molar-refractivity contribution < 1.29 is 32.4 Å². The van der Waals surface area contributed by atoms with Gasteiger partial charge in [0, 0.05) is 25.5 Å². The molecule has 0 radical (unpaired) electrons. The molecule has 1 saturated heterocycles. The lowest BCUT2D eigenvalue weighted by Gasteiger charge is -2.58. The van der Waals surface area contributed by atoms with Gasteiger partial charge in [0.2, 0.25) is 5.79 Å². The molecule has 5 saturated carbocycles. The number of likely N-dealkylation sites (tertiary alicyclic amines) is 1. The Bertz CT molecular complexity index is 910. The standard InChI is InChI=1S/C31H44F3NO4/c1-36-30(26-17-21-16-22(19-26)20-27(30)18-21)39-38-29-8-4-24(5-9-29)23-2-6-28(7-3-23)37-15-14-35-12-10-25(11-13-35)31(32,33)34/h2-3,6-7,21-22,24-27,29H,4-5,8-20H2,1H3. The Hall–Kier alpha value is -1.35. The molecule has 1 aromatic carbocycles. The van der Waals surface area contributed by atoms with E-state index in [0.717, 1.165) is 43.3 Å². The van der Waals surface area contributed by atoms with Gasteiger partial charge in [-0.3, -0.25) is 4.90 Å². The first-order valence-corrected chi connectivity index (χ1v) is 15.2. The second-order valence-corrected chi connectivity index (χ2v) is 13.0. The van der Waals surface area contributed by atoms with E-state index < -0.39 is 17.9 Å². The minimum absolute atomic E-state index is 0.120. The molecule has 0 aromatic heterocycles. The zero-order chi connectivity index (χ0) is 27.0. The van der Waals surface area contributed by atoms with Gasteiger partial charge in [0.15, 0.2) is 0 Å². The monoisotopic (exact) mass is 551 g/mol. The van der Waals surface area contributed by atoms with Crippen molar-refractivity contribution >= 4 is 0 Å². The van der Waals surface area contributed by atoms with Crippen LogP contribution >= 0.6 is 0 Å². The van der Waals surface area contributed by atoms with E-state index in [2.05, 4.69) is 17.0 Å². The molecule has 218 valence electrons. The summed E-state index contributed by atoms with van der Waals surface area (Å²) in [6.45, 7) is 2.12. The third-order valence-electron chi connectivity index (χ3n) is 10.7. The van der Waals surface area contributed by atoms with Crippen molar-refractivity contribution in [2.24, 2.45) is 29.6 Å². The number of hydrogen-bond acceptors (Lipinski definition) is 5. The highest BCUT2D eigenvalue weighted by atomic mass is 19.4. The molecule has 0 amide bonds. The molecular formula is C31H44F3NO4. The molecule has 0 N–H and O–H groups in total. The molecule has 4 bridgehead atoms. The normalized spacial score (nSPS) is 37.3. The molecule has 6 fully saturated rings. The van der Waals surface area contributed by atoms with Crippen molar-refractivity contribution in [3.05, 3.63) is 29.8 Å². The smallest absolute Gasteiger partial charge is 0.391 e. The highest BCUT2D eigenvalue weighted by Crippen LogP contribution is 2.60. The Morgan fingerprint density at radius 3 is 2.03 bits per heavy atom. The van der Waals surface area contributed by atoms with Crippen molar-refractivity contribution in [3.63, 3.8) is 0 Å². The maximum atomic E-state index is 12.9. The third-order valence-corrected chi connectivity index (χ3v) is 10.7. The Labute approximate surface area is 230 Å². The average Bonchev–Trinajstić information content (AvgIpc) is 2.93. The van der Waals surface area contributed by atoms with Crippen LogP contribution in [0.5, 0.6) is 5.75 Å². The van der Waals surface area contributed by atoms with Crippen molar-refractivity contribution in [2.45, 2.75) is 94.6 Å². The largest absolute Gasteiger partial charge is 0.492 e. The molecule has 0 spiro atoms. The summed E-state index contributed by atoms with van der Waals surface area (Å²) in [5.41, 5.74) is 1.32. The number of benzene rings is 1. The zero-order valence-electron chi connectivity index (χ0n) is 23.2. The topological polar surface area (TPSA) is 40.2 Å². The minimum atomic E-state index is -4.06. The summed E-state index contributed by atoms with van der Waals surface area (Å²) in [7, 11) is 1.80. The summed E-state index contributed by atoms with van der Waals surface area (Å²) in [5.74, 6) is 2.28. The van der Waals surface area contributed by atoms with Crippen molar-refractivity contribution in [1.82, 2.24) is 4.90 Å². The van der Waals surface area contributed by atoms with Crippen LogP contribution < -0.4 is 4.74 Å². The lowest BCUT2D eigenvalue weighted by atomic mass is 9.53. The van der Waals surface area contributed by atoms with Crippen LogP contribution in [0.4, 0.5) is 13.2 Å². The molecule has 5 nitrogen and oxygen atoms in total. The highest BCUT2D eigenvalue weighted by Gasteiger charge is 2.60. The maximum Gasteiger partial charge on any atom is 0.391 e. The zero-order valence-corrected chi connectivity index (χ0v) is 23.2. The SMILES string of the molecule is COC1(OOC2CCC(c3ccc(OCCN4CCC(C(F)(F)F)CC4)cc3)CC2)C2CC3CC(C2)CC1C3. The quantitative estimate of drug-likeness (QED) is 0.186. The summed E-state index contributed by atoms with van der Waals surface area (Å²) in [6, 6.07) is 8.35. The van der Waals surface area contributed by atoms with Crippen LogP contribution in [0.2, 0.25) is 0 Å². The Morgan fingerprint density at radius 1 is 0.846 bits per heavy atom. The van der Waals surface area contributed by atoms with E-state index in [4.69, 9.17) is 19.2 Å². The summed E-state index contributed by atoms with van der Waals surface area (Å²) in [4.78, 5) is 14.4. The number of halogens is 3. The number of methoxy groups -OCH3 is 1. The number of ether oxygens (including phenoxy) is 2. The molecule has 5 aliphatic carbocycles. The van der Waals surface area contributed by atoms with Crippen LogP contribution in [0.1, 0.15) is 82.1 Å². The van der Waals surface area contributed by atoms with Crippen LogP contribution in [0.15, 0.2) is 24.3 Å². The number of hydrogen-bond donors (Lipinski definition) is 0. The van der Waals surface area contributed by atoms with Crippen molar-refractivity contribution in [3.8, 4) is 5.75 Å². The highest BCUT2D eigenvalue weighted by molar-refractivity contribution is 5.29. The van der Waals surface area contributed by atoms with Gasteiger partial charge in [0.25, 0.3) is 0 Å². The first-order valence-electron chi connectivity index (χ1n) is 15.2. The minimum Gasteiger partial charge on any atom is -0.492 e. The van der Waals surface area contributed by atoms with E-state index in [1.165, 1.54) is 37.7 Å². The van der Waals surface area contributed by atoms with Crippen LogP contribution in [0.3, 0.4) is 0 Å². The number of alkyl halides is 3. The van der Waals surface area contributed by atoms with Crippen molar-refractivity contribution in [2.75, 3.05) is 33.4 Å². The molecule has 6 aliphatic rings. The summed E-state index contributed by atoms with van der Waals surface area (Å²) in [5, 5.41) is 0. The van der Waals surface area contributed by atoms with Gasteiger partial charge in [-0.15, -0.1) is 0 Å². The Morgan fingerprint density at radius 2 is 1.46 bits per heavy atom. The molecular weight excluding hydrogens is 507 g/mol. The van der Waals surface area contributed by atoms with E-state index in [1.807, 2.05) is 12.1 Å². The van der Waals surface area contributed by atoms with Crippen LogP contribution in [0, 0.1) is 29.6 Å². The molecule has 0 atom stereocenters. The van der Waals surface area contributed by atoms with Gasteiger partial charge in [0.05, 0.1) is 12.0 Å². The lowest BCUT2D eigenvalue weighted by Crippen LogP contribution is -2.60. The number of nitrogens with zero attached hydrogens (tertiary/aromatic N) is 1. The molecule has 1 aromatic rings. The van der Waals surface area contributed by atoms with Gasteiger partial charge in [0.1, 0.15) is 12.4 Å². The van der Waals surface area contributed by atoms with Gasteiger partial charge >= 0.3 is 6.18 Å². The fourth-order valence-electron chi connectivity index (χ4n) is 8.59. The first-order chi connectivity index (χ1) is 18.8. The molecule has 7 rings (SSSR count). The van der Waals surface area contributed by atoms with E-state index >= 15 is 0 Å². The fraction of sp³-hybridized carbons (Fsp3) is 0.806. The molecule has 1 aliphatic heterocycles. The van der Waals surface area contributed by atoms with Gasteiger partial charge in [-0.2, -0.15) is 13.2 Å². The maximum absolute atomic E-state index is 12.9. The third kappa shape index (κ3) is 6.00. The number of piperidine rings is 1. The number of rotatable bonds is 9. The van der Waals surface area contributed by atoms with Gasteiger partial charge in [-0.05, 0) is 119 Å². The Balaban J connectivity index is 0.914. The summed E-state index contributed by atoms with van der Waals surface area (Å²) >= 11 is 0. The van der Waals surface area contributed by atoms with E-state index in [-0.39, 0.29) is 18.9 Å². The lowest BCUT2D eigenvalue weighted by molar-refractivity contribution is -0.485. The second-order valence-electron chi connectivity index (χ2n) is 13.0.